The van der Waals surface area contributed by atoms with Crippen LogP contribution in [0.5, 0.6) is 0 Å². The molecule has 0 radical (unpaired) electrons. The van der Waals surface area contributed by atoms with Crippen LogP contribution in [-0.2, 0) is 10.0 Å². The Morgan fingerprint density at radius 2 is 1.86 bits per heavy atom. The van der Waals surface area contributed by atoms with Crippen molar-refractivity contribution in [2.45, 2.75) is 18.1 Å². The Balaban J connectivity index is 2.30. The van der Waals surface area contributed by atoms with Crippen molar-refractivity contribution in [2.24, 2.45) is 5.14 Å². The van der Waals surface area contributed by atoms with Gasteiger partial charge in [-0.05, 0) is 31.2 Å². The summed E-state index contributed by atoms with van der Waals surface area (Å²) in [6.07, 6.45) is 1.67. The van der Waals surface area contributed by atoms with Crippen molar-refractivity contribution < 1.29 is 8.42 Å². The summed E-state index contributed by atoms with van der Waals surface area (Å²) in [6.45, 7) is 1.87. The van der Waals surface area contributed by atoms with Crippen LogP contribution in [0.25, 0.3) is 11.0 Å². The van der Waals surface area contributed by atoms with E-state index in [4.69, 9.17) is 5.14 Å². The first kappa shape index (κ1) is 13.7. The van der Waals surface area contributed by atoms with Gasteiger partial charge in [-0.3, -0.25) is 4.98 Å². The molecule has 0 amide bonds. The number of sulfonamides is 1. The van der Waals surface area contributed by atoms with Crippen LogP contribution in [0.15, 0.2) is 53.8 Å². The van der Waals surface area contributed by atoms with E-state index in [1.54, 1.807) is 22.9 Å². The summed E-state index contributed by atoms with van der Waals surface area (Å²) in [5.74, 6) is 0. The van der Waals surface area contributed by atoms with Crippen molar-refractivity contribution in [2.75, 3.05) is 0 Å². The van der Waals surface area contributed by atoms with Gasteiger partial charge in [-0.1, -0.05) is 18.2 Å². The van der Waals surface area contributed by atoms with E-state index in [1.165, 1.54) is 0 Å². The molecule has 1 atom stereocenters. The maximum Gasteiger partial charge on any atom is 0.272 e. The van der Waals surface area contributed by atoms with E-state index in [9.17, 15) is 8.42 Å². The molecule has 0 fully saturated rings. The van der Waals surface area contributed by atoms with Crippen molar-refractivity contribution in [3.8, 4) is 0 Å². The Kier molecular flexibility index (Phi) is 3.23. The average molecular weight is 302 g/mol. The summed E-state index contributed by atoms with van der Waals surface area (Å²) >= 11 is 0. The van der Waals surface area contributed by atoms with Crippen molar-refractivity contribution in [1.29, 1.82) is 0 Å². The molecule has 2 heterocycles. The van der Waals surface area contributed by atoms with E-state index in [0.29, 0.717) is 11.0 Å². The second-order valence-corrected chi connectivity index (χ2v) is 6.18. The van der Waals surface area contributed by atoms with E-state index >= 15 is 0 Å². The Labute approximate surface area is 122 Å². The van der Waals surface area contributed by atoms with Crippen molar-refractivity contribution >= 4 is 21.1 Å². The Hall–Kier alpha value is -2.25. The lowest BCUT2D eigenvalue weighted by Crippen LogP contribution is -2.21. The number of primary sulfonamides is 1. The summed E-state index contributed by atoms with van der Waals surface area (Å²) in [5.41, 5.74) is 2.04. The molecule has 0 saturated heterocycles. The van der Waals surface area contributed by atoms with Crippen LogP contribution in [0, 0.1) is 0 Å². The van der Waals surface area contributed by atoms with Gasteiger partial charge in [-0.15, -0.1) is 0 Å². The molecule has 6 nitrogen and oxygen atoms in total. The summed E-state index contributed by atoms with van der Waals surface area (Å²) in [7, 11) is -3.92. The van der Waals surface area contributed by atoms with Gasteiger partial charge in [0.2, 0.25) is 5.16 Å². The largest absolute Gasteiger partial charge is 0.305 e. The smallest absolute Gasteiger partial charge is 0.272 e. The highest BCUT2D eigenvalue weighted by Gasteiger charge is 2.24. The topological polar surface area (TPSA) is 90.9 Å². The molecule has 1 unspecified atom stereocenters. The second-order valence-electron chi connectivity index (χ2n) is 4.73. The molecule has 0 aliphatic carbocycles. The zero-order valence-corrected chi connectivity index (χ0v) is 12.2. The highest BCUT2D eigenvalue weighted by atomic mass is 32.2. The number of nitrogens with zero attached hydrogens (tertiary/aromatic N) is 3. The maximum absolute atomic E-state index is 11.8. The fourth-order valence-corrected chi connectivity index (χ4v) is 3.11. The van der Waals surface area contributed by atoms with Crippen LogP contribution in [0.2, 0.25) is 0 Å². The molecular weight excluding hydrogens is 288 g/mol. The van der Waals surface area contributed by atoms with Crippen LogP contribution in [-0.4, -0.2) is 23.0 Å². The van der Waals surface area contributed by atoms with Gasteiger partial charge in [0.1, 0.15) is 0 Å². The lowest BCUT2D eigenvalue weighted by molar-refractivity contribution is 0.543. The zero-order chi connectivity index (χ0) is 15.0. The average Bonchev–Trinajstić information content (AvgIpc) is 2.87. The SMILES string of the molecule is CC(c1ccccn1)n1c(S(N)(=O)=O)nc2ccccc21. The van der Waals surface area contributed by atoms with Gasteiger partial charge in [-0.2, -0.15) is 0 Å². The number of rotatable bonds is 3. The fourth-order valence-electron chi connectivity index (χ4n) is 2.35. The molecular formula is C14H14N4O2S. The first-order valence-corrected chi connectivity index (χ1v) is 7.94. The summed E-state index contributed by atoms with van der Waals surface area (Å²) in [5, 5.41) is 5.15. The number of nitrogens with two attached hydrogens (primary N) is 1. The molecule has 0 aliphatic heterocycles. The minimum Gasteiger partial charge on any atom is -0.305 e. The third-order valence-corrected chi connectivity index (χ3v) is 4.12. The molecule has 7 heteroatoms. The van der Waals surface area contributed by atoms with Gasteiger partial charge in [0.05, 0.1) is 22.8 Å². The van der Waals surface area contributed by atoms with Gasteiger partial charge in [0.15, 0.2) is 0 Å². The molecule has 1 aromatic carbocycles. The minimum absolute atomic E-state index is 0.151. The Morgan fingerprint density at radius 3 is 2.52 bits per heavy atom. The molecule has 2 N–H and O–H groups in total. The number of aromatic nitrogens is 3. The first-order chi connectivity index (χ1) is 9.98. The lowest BCUT2D eigenvalue weighted by Gasteiger charge is -2.16. The van der Waals surface area contributed by atoms with Crippen LogP contribution >= 0.6 is 0 Å². The van der Waals surface area contributed by atoms with Crippen LogP contribution in [0.4, 0.5) is 0 Å². The Bertz CT molecular complexity index is 888. The quantitative estimate of drug-likeness (QED) is 0.797. The van der Waals surface area contributed by atoms with E-state index < -0.39 is 10.0 Å². The second kappa shape index (κ2) is 4.94. The molecule has 0 saturated carbocycles. The lowest BCUT2D eigenvalue weighted by atomic mass is 10.2. The molecule has 0 spiro atoms. The molecule has 21 heavy (non-hydrogen) atoms. The van der Waals surface area contributed by atoms with Crippen molar-refractivity contribution in [3.63, 3.8) is 0 Å². The predicted molar refractivity (Wildman–Crippen MR) is 79.2 cm³/mol. The highest BCUT2D eigenvalue weighted by Crippen LogP contribution is 2.26. The molecule has 0 bridgehead atoms. The number of fused-ring (bicyclic) bond motifs is 1. The van der Waals surface area contributed by atoms with E-state index in [1.807, 2.05) is 37.3 Å². The Morgan fingerprint density at radius 1 is 1.14 bits per heavy atom. The summed E-state index contributed by atoms with van der Waals surface area (Å²) in [4.78, 5) is 8.43. The van der Waals surface area contributed by atoms with Gasteiger partial charge >= 0.3 is 0 Å². The predicted octanol–water partition coefficient (Wildman–Crippen LogP) is 1.69. The van der Waals surface area contributed by atoms with Crippen LogP contribution in [0.3, 0.4) is 0 Å². The molecule has 0 aliphatic rings. The number of hydrogen-bond donors (Lipinski definition) is 1. The molecule has 108 valence electrons. The summed E-state index contributed by atoms with van der Waals surface area (Å²) < 4.78 is 25.3. The van der Waals surface area contributed by atoms with E-state index in [-0.39, 0.29) is 11.2 Å². The van der Waals surface area contributed by atoms with Crippen molar-refractivity contribution in [3.05, 3.63) is 54.4 Å². The van der Waals surface area contributed by atoms with Gasteiger partial charge in [-0.25, -0.2) is 18.5 Å². The van der Waals surface area contributed by atoms with E-state index in [2.05, 4.69) is 9.97 Å². The van der Waals surface area contributed by atoms with Crippen LogP contribution in [0.1, 0.15) is 18.7 Å². The fraction of sp³-hybridized carbons (Fsp3) is 0.143. The highest BCUT2D eigenvalue weighted by molar-refractivity contribution is 7.89. The standard InChI is InChI=1S/C14H14N4O2S/c1-10(11-6-4-5-9-16-11)18-13-8-3-2-7-12(13)17-14(18)21(15,19)20/h2-10H,1H3,(H2,15,19,20). The van der Waals surface area contributed by atoms with E-state index in [0.717, 1.165) is 5.69 Å². The normalized spacial score (nSPS) is 13.4. The van der Waals surface area contributed by atoms with Gasteiger partial charge < -0.3 is 4.57 Å². The van der Waals surface area contributed by atoms with Gasteiger partial charge in [0, 0.05) is 6.20 Å². The number of imidazole rings is 1. The molecule has 2 aromatic heterocycles. The van der Waals surface area contributed by atoms with Crippen molar-refractivity contribution in [1.82, 2.24) is 14.5 Å². The third-order valence-electron chi connectivity index (χ3n) is 3.32. The van der Waals surface area contributed by atoms with Crippen LogP contribution < -0.4 is 5.14 Å². The first-order valence-electron chi connectivity index (χ1n) is 6.39. The number of pyridine rings is 1. The van der Waals surface area contributed by atoms with Gasteiger partial charge in [0.25, 0.3) is 10.0 Å². The third kappa shape index (κ3) is 2.41. The minimum atomic E-state index is -3.92. The zero-order valence-electron chi connectivity index (χ0n) is 11.3. The number of para-hydroxylation sites is 2. The summed E-state index contributed by atoms with van der Waals surface area (Å²) in [6, 6.07) is 12.4. The molecule has 3 rings (SSSR count). The number of benzene rings is 1. The maximum atomic E-state index is 11.8. The monoisotopic (exact) mass is 302 g/mol. The number of hydrogen-bond acceptors (Lipinski definition) is 4. The molecule has 3 aromatic rings.